The average Bonchev–Trinajstić information content (AvgIpc) is 2.91. The maximum atomic E-state index is 5.09. The van der Waals surface area contributed by atoms with E-state index in [2.05, 4.69) is 34.6 Å². The Morgan fingerprint density at radius 1 is 1.29 bits per heavy atom. The third-order valence-electron chi connectivity index (χ3n) is 3.52. The molecule has 0 bridgehead atoms. The zero-order valence-corrected chi connectivity index (χ0v) is 13.0. The van der Waals surface area contributed by atoms with Crippen LogP contribution in [0.1, 0.15) is 24.5 Å². The van der Waals surface area contributed by atoms with Crippen LogP contribution in [0.3, 0.4) is 0 Å². The molecule has 2 aromatic rings. The van der Waals surface area contributed by atoms with E-state index in [4.69, 9.17) is 4.74 Å². The van der Waals surface area contributed by atoms with Gasteiger partial charge in [0.2, 0.25) is 5.88 Å². The van der Waals surface area contributed by atoms with E-state index >= 15 is 0 Å². The maximum Gasteiger partial charge on any atom is 0.212 e. The SMILES string of the molecule is CCNC(CCc1cnn(C)c1)Cc1ccc(OC)nc1. The summed E-state index contributed by atoms with van der Waals surface area (Å²) in [4.78, 5) is 4.27. The molecular formula is C16H24N4O. The van der Waals surface area contributed by atoms with Gasteiger partial charge in [0.25, 0.3) is 0 Å². The van der Waals surface area contributed by atoms with Crippen LogP contribution in [0.4, 0.5) is 0 Å². The summed E-state index contributed by atoms with van der Waals surface area (Å²) in [6, 6.07) is 4.45. The molecule has 0 aliphatic heterocycles. The zero-order chi connectivity index (χ0) is 15.1. The lowest BCUT2D eigenvalue weighted by atomic mass is 10.0. The van der Waals surface area contributed by atoms with Crippen molar-refractivity contribution in [3.63, 3.8) is 0 Å². The molecule has 0 amide bonds. The molecule has 5 nitrogen and oxygen atoms in total. The predicted octanol–water partition coefficient (Wildman–Crippen LogP) is 1.98. The van der Waals surface area contributed by atoms with Crippen LogP contribution in [0.2, 0.25) is 0 Å². The number of likely N-dealkylation sites (N-methyl/N-ethyl adjacent to an activating group) is 1. The molecule has 0 aliphatic carbocycles. The molecule has 2 rings (SSSR count). The molecule has 5 heteroatoms. The lowest BCUT2D eigenvalue weighted by Crippen LogP contribution is -2.31. The quantitative estimate of drug-likeness (QED) is 0.807. The number of aryl methyl sites for hydroxylation is 2. The molecule has 1 N–H and O–H groups in total. The van der Waals surface area contributed by atoms with Crippen molar-refractivity contribution in [2.24, 2.45) is 7.05 Å². The van der Waals surface area contributed by atoms with Crippen LogP contribution >= 0.6 is 0 Å². The Morgan fingerprint density at radius 2 is 2.14 bits per heavy atom. The Morgan fingerprint density at radius 3 is 2.71 bits per heavy atom. The first kappa shape index (κ1) is 15.5. The van der Waals surface area contributed by atoms with Gasteiger partial charge in [0.1, 0.15) is 0 Å². The fourth-order valence-electron chi connectivity index (χ4n) is 2.44. The Bertz CT molecular complexity index is 535. The third-order valence-corrected chi connectivity index (χ3v) is 3.52. The normalized spacial score (nSPS) is 12.3. The molecule has 0 saturated heterocycles. The maximum absolute atomic E-state index is 5.09. The van der Waals surface area contributed by atoms with Crippen LogP contribution in [0.5, 0.6) is 5.88 Å². The van der Waals surface area contributed by atoms with E-state index < -0.39 is 0 Å². The summed E-state index contributed by atoms with van der Waals surface area (Å²) in [6.45, 7) is 3.12. The number of rotatable bonds is 8. The van der Waals surface area contributed by atoms with Crippen LogP contribution in [-0.2, 0) is 19.9 Å². The molecule has 1 atom stereocenters. The topological polar surface area (TPSA) is 52.0 Å². The summed E-state index contributed by atoms with van der Waals surface area (Å²) < 4.78 is 6.95. The number of hydrogen-bond acceptors (Lipinski definition) is 4. The largest absolute Gasteiger partial charge is 0.481 e. The van der Waals surface area contributed by atoms with Gasteiger partial charge in [-0.15, -0.1) is 0 Å². The van der Waals surface area contributed by atoms with E-state index in [1.165, 1.54) is 11.1 Å². The van der Waals surface area contributed by atoms with Gasteiger partial charge in [-0.2, -0.15) is 5.10 Å². The van der Waals surface area contributed by atoms with Gasteiger partial charge in [0, 0.05) is 31.5 Å². The van der Waals surface area contributed by atoms with Gasteiger partial charge in [-0.1, -0.05) is 13.0 Å². The smallest absolute Gasteiger partial charge is 0.212 e. The van der Waals surface area contributed by atoms with Gasteiger partial charge in [0.05, 0.1) is 13.3 Å². The van der Waals surface area contributed by atoms with E-state index in [-0.39, 0.29) is 0 Å². The van der Waals surface area contributed by atoms with Crippen LogP contribution in [-0.4, -0.2) is 34.5 Å². The molecule has 2 heterocycles. The second kappa shape index (κ2) is 7.78. The molecule has 0 saturated carbocycles. The number of aromatic nitrogens is 3. The lowest BCUT2D eigenvalue weighted by molar-refractivity contribution is 0.397. The van der Waals surface area contributed by atoms with E-state index in [1.54, 1.807) is 7.11 Å². The monoisotopic (exact) mass is 288 g/mol. The Balaban J connectivity index is 1.91. The summed E-state index contributed by atoms with van der Waals surface area (Å²) in [6.07, 6.45) is 9.02. The van der Waals surface area contributed by atoms with Crippen LogP contribution in [0, 0.1) is 0 Å². The minimum absolute atomic E-state index is 0.449. The van der Waals surface area contributed by atoms with Crippen molar-refractivity contribution in [3.05, 3.63) is 41.9 Å². The van der Waals surface area contributed by atoms with E-state index in [0.717, 1.165) is 25.8 Å². The summed E-state index contributed by atoms with van der Waals surface area (Å²) >= 11 is 0. The third kappa shape index (κ3) is 4.86. The van der Waals surface area contributed by atoms with Gasteiger partial charge in [0.15, 0.2) is 0 Å². The first-order valence-electron chi connectivity index (χ1n) is 7.41. The molecule has 2 aromatic heterocycles. The number of methoxy groups -OCH3 is 1. The molecule has 0 fully saturated rings. The predicted molar refractivity (Wildman–Crippen MR) is 83.5 cm³/mol. The Hall–Kier alpha value is -1.88. The number of nitrogens with one attached hydrogen (secondary N) is 1. The number of pyridine rings is 1. The molecule has 114 valence electrons. The first-order chi connectivity index (χ1) is 10.2. The molecule has 1 unspecified atom stereocenters. The number of hydrogen-bond donors (Lipinski definition) is 1. The summed E-state index contributed by atoms with van der Waals surface area (Å²) in [5.74, 6) is 0.661. The molecular weight excluding hydrogens is 264 g/mol. The van der Waals surface area contributed by atoms with Crippen molar-refractivity contribution in [1.29, 1.82) is 0 Å². The molecule has 0 spiro atoms. The first-order valence-corrected chi connectivity index (χ1v) is 7.41. The minimum atomic E-state index is 0.449. The molecule has 21 heavy (non-hydrogen) atoms. The highest BCUT2D eigenvalue weighted by Gasteiger charge is 2.10. The van der Waals surface area contributed by atoms with E-state index in [0.29, 0.717) is 11.9 Å². The van der Waals surface area contributed by atoms with E-state index in [1.807, 2.05) is 30.2 Å². The highest BCUT2D eigenvalue weighted by Crippen LogP contribution is 2.12. The minimum Gasteiger partial charge on any atom is -0.481 e. The van der Waals surface area contributed by atoms with Crippen molar-refractivity contribution in [2.75, 3.05) is 13.7 Å². The highest BCUT2D eigenvalue weighted by molar-refractivity contribution is 5.18. The lowest BCUT2D eigenvalue weighted by Gasteiger charge is -2.17. The number of ether oxygens (including phenoxy) is 1. The van der Waals surface area contributed by atoms with Crippen molar-refractivity contribution < 1.29 is 4.74 Å². The van der Waals surface area contributed by atoms with Crippen molar-refractivity contribution in [1.82, 2.24) is 20.1 Å². The summed E-state index contributed by atoms with van der Waals surface area (Å²) in [7, 11) is 3.59. The van der Waals surface area contributed by atoms with Crippen molar-refractivity contribution in [2.45, 2.75) is 32.2 Å². The van der Waals surface area contributed by atoms with Crippen molar-refractivity contribution >= 4 is 0 Å². The standard InChI is InChI=1S/C16H24N4O/c1-4-17-15(7-5-14-11-19-20(2)12-14)9-13-6-8-16(21-3)18-10-13/h6,8,10-12,15,17H,4-5,7,9H2,1-3H3. The van der Waals surface area contributed by atoms with Crippen molar-refractivity contribution in [3.8, 4) is 5.88 Å². The fraction of sp³-hybridized carbons (Fsp3) is 0.500. The Labute approximate surface area is 126 Å². The van der Waals surface area contributed by atoms with E-state index in [9.17, 15) is 0 Å². The molecule has 0 aliphatic rings. The Kier molecular flexibility index (Phi) is 5.75. The molecule has 0 radical (unpaired) electrons. The van der Waals surface area contributed by atoms with Gasteiger partial charge < -0.3 is 10.1 Å². The van der Waals surface area contributed by atoms with Gasteiger partial charge in [-0.05, 0) is 36.9 Å². The summed E-state index contributed by atoms with van der Waals surface area (Å²) in [5, 5.41) is 7.77. The zero-order valence-electron chi connectivity index (χ0n) is 13.0. The molecule has 0 aromatic carbocycles. The highest BCUT2D eigenvalue weighted by atomic mass is 16.5. The summed E-state index contributed by atoms with van der Waals surface area (Å²) in [5.41, 5.74) is 2.51. The van der Waals surface area contributed by atoms with Gasteiger partial charge in [-0.25, -0.2) is 4.98 Å². The van der Waals surface area contributed by atoms with Crippen LogP contribution in [0.25, 0.3) is 0 Å². The second-order valence-electron chi connectivity index (χ2n) is 5.23. The van der Waals surface area contributed by atoms with Crippen LogP contribution in [0.15, 0.2) is 30.7 Å². The van der Waals surface area contributed by atoms with Gasteiger partial charge >= 0.3 is 0 Å². The van der Waals surface area contributed by atoms with Gasteiger partial charge in [-0.3, -0.25) is 4.68 Å². The fourth-order valence-corrected chi connectivity index (χ4v) is 2.44. The second-order valence-corrected chi connectivity index (χ2v) is 5.23. The van der Waals surface area contributed by atoms with Crippen LogP contribution < -0.4 is 10.1 Å². The number of nitrogens with zero attached hydrogens (tertiary/aromatic N) is 3. The average molecular weight is 288 g/mol.